The van der Waals surface area contributed by atoms with Crippen molar-refractivity contribution in [2.24, 2.45) is 0 Å². The molecule has 2 atom stereocenters. The van der Waals surface area contributed by atoms with Crippen molar-refractivity contribution in [3.05, 3.63) is 42.2 Å². The molecule has 0 spiro atoms. The van der Waals surface area contributed by atoms with Gasteiger partial charge in [0.25, 0.3) is 0 Å². The number of fused-ring (bicyclic) bond motifs is 1. The van der Waals surface area contributed by atoms with Crippen LogP contribution in [0.15, 0.2) is 36.7 Å². The lowest BCUT2D eigenvalue weighted by Gasteiger charge is -2.36. The Kier molecular flexibility index (Phi) is 3.93. The summed E-state index contributed by atoms with van der Waals surface area (Å²) in [4.78, 5) is 12.9. The van der Waals surface area contributed by atoms with E-state index in [0.717, 1.165) is 11.1 Å². The summed E-state index contributed by atoms with van der Waals surface area (Å²) in [6.07, 6.45) is 5.77. The molecule has 2 aromatic rings. The Morgan fingerprint density at radius 1 is 1.12 bits per heavy atom. The largest absolute Gasteiger partial charge is 0.372 e. The first-order chi connectivity index (χ1) is 12.3. The lowest BCUT2D eigenvalue weighted by Crippen LogP contribution is -2.51. The molecule has 2 saturated heterocycles. The average Bonchev–Trinajstić information content (AvgIpc) is 3.11. The number of rotatable bonds is 2. The van der Waals surface area contributed by atoms with Crippen molar-refractivity contribution in [1.29, 1.82) is 10.5 Å². The number of morpholine rings is 1. The SMILES string of the molecule is N#Cc1cccc(-c2cnc(N3CCO[C@@H]4CN(C#N)C[C@@H]43)nc2)c1. The summed E-state index contributed by atoms with van der Waals surface area (Å²) in [6, 6.07) is 9.62. The van der Waals surface area contributed by atoms with Crippen LogP contribution in [-0.2, 0) is 4.74 Å². The highest BCUT2D eigenvalue weighted by Crippen LogP contribution is 2.26. The zero-order valence-corrected chi connectivity index (χ0v) is 13.5. The molecular weight excluding hydrogens is 316 g/mol. The second-order valence-corrected chi connectivity index (χ2v) is 6.14. The van der Waals surface area contributed by atoms with Gasteiger partial charge in [0, 0.05) is 24.5 Å². The van der Waals surface area contributed by atoms with Crippen LogP contribution in [0, 0.1) is 22.8 Å². The van der Waals surface area contributed by atoms with Crippen LogP contribution < -0.4 is 4.90 Å². The molecule has 0 amide bonds. The minimum atomic E-state index is 0.0176. The van der Waals surface area contributed by atoms with Crippen LogP contribution in [0.25, 0.3) is 11.1 Å². The second kappa shape index (κ2) is 6.39. The van der Waals surface area contributed by atoms with Gasteiger partial charge in [0.05, 0.1) is 43.5 Å². The topological polar surface area (TPSA) is 89.1 Å². The third kappa shape index (κ3) is 2.86. The van der Waals surface area contributed by atoms with Gasteiger partial charge in [-0.05, 0) is 17.7 Å². The third-order valence-corrected chi connectivity index (χ3v) is 4.66. The van der Waals surface area contributed by atoms with E-state index < -0.39 is 0 Å². The molecule has 4 rings (SSSR count). The second-order valence-electron chi connectivity index (χ2n) is 6.14. The fourth-order valence-electron chi connectivity index (χ4n) is 3.40. The number of anilines is 1. The maximum absolute atomic E-state index is 9.12. The van der Waals surface area contributed by atoms with Gasteiger partial charge in [0.1, 0.15) is 0 Å². The maximum Gasteiger partial charge on any atom is 0.225 e. The Hall–Kier alpha value is -3.16. The molecule has 0 unspecified atom stereocenters. The van der Waals surface area contributed by atoms with Crippen molar-refractivity contribution in [3.63, 3.8) is 0 Å². The molecule has 1 aromatic heterocycles. The van der Waals surface area contributed by atoms with Gasteiger partial charge in [-0.3, -0.25) is 0 Å². The maximum atomic E-state index is 9.12. The first kappa shape index (κ1) is 15.4. The average molecular weight is 332 g/mol. The Bertz CT molecular complexity index is 853. The first-order valence-electron chi connectivity index (χ1n) is 8.14. The van der Waals surface area contributed by atoms with Crippen molar-refractivity contribution < 1.29 is 4.74 Å². The van der Waals surface area contributed by atoms with E-state index in [-0.39, 0.29) is 12.1 Å². The normalized spacial score (nSPS) is 22.2. The first-order valence-corrected chi connectivity index (χ1v) is 8.14. The van der Waals surface area contributed by atoms with Gasteiger partial charge in [-0.25, -0.2) is 9.97 Å². The predicted molar refractivity (Wildman–Crippen MR) is 90.2 cm³/mol. The van der Waals surface area contributed by atoms with E-state index in [2.05, 4.69) is 27.1 Å². The minimum absolute atomic E-state index is 0.0176. The van der Waals surface area contributed by atoms with Gasteiger partial charge in [-0.15, -0.1) is 0 Å². The Labute approximate surface area is 145 Å². The highest BCUT2D eigenvalue weighted by molar-refractivity contribution is 5.64. The van der Waals surface area contributed by atoms with E-state index in [0.29, 0.717) is 37.8 Å². The molecule has 0 radical (unpaired) electrons. The summed E-state index contributed by atoms with van der Waals surface area (Å²) >= 11 is 0. The molecule has 0 saturated carbocycles. The molecule has 0 bridgehead atoms. The van der Waals surface area contributed by atoms with Gasteiger partial charge in [0.15, 0.2) is 6.19 Å². The molecule has 3 heterocycles. The highest BCUT2D eigenvalue weighted by atomic mass is 16.5. The van der Waals surface area contributed by atoms with Crippen LogP contribution in [0.5, 0.6) is 0 Å². The van der Waals surface area contributed by atoms with E-state index >= 15 is 0 Å². The van der Waals surface area contributed by atoms with Gasteiger partial charge < -0.3 is 14.5 Å². The van der Waals surface area contributed by atoms with Crippen molar-refractivity contribution in [1.82, 2.24) is 14.9 Å². The summed E-state index contributed by atoms with van der Waals surface area (Å²) in [6.45, 7) is 2.58. The molecule has 2 aliphatic rings. The number of aromatic nitrogens is 2. The van der Waals surface area contributed by atoms with Crippen molar-refractivity contribution >= 4 is 5.95 Å². The lowest BCUT2D eigenvalue weighted by atomic mass is 10.1. The zero-order valence-electron chi connectivity index (χ0n) is 13.5. The van der Waals surface area contributed by atoms with Crippen LogP contribution in [0.3, 0.4) is 0 Å². The van der Waals surface area contributed by atoms with Gasteiger partial charge >= 0.3 is 0 Å². The predicted octanol–water partition coefficient (Wildman–Crippen LogP) is 1.39. The smallest absolute Gasteiger partial charge is 0.225 e. The number of likely N-dealkylation sites (tertiary alicyclic amines) is 1. The van der Waals surface area contributed by atoms with Crippen LogP contribution in [0.4, 0.5) is 5.95 Å². The van der Waals surface area contributed by atoms with Crippen LogP contribution in [-0.4, -0.2) is 53.3 Å². The molecule has 7 heteroatoms. The number of hydrogen-bond acceptors (Lipinski definition) is 7. The fourth-order valence-corrected chi connectivity index (χ4v) is 3.40. The molecule has 7 nitrogen and oxygen atoms in total. The van der Waals surface area contributed by atoms with Crippen LogP contribution >= 0.6 is 0 Å². The standard InChI is InChI=1S/C18H16N6O/c19-7-13-2-1-3-14(6-13)15-8-21-18(22-9-15)24-4-5-25-17-11-23(12-20)10-16(17)24/h1-3,6,8-9,16-17H,4-5,10-11H2/t16-,17+/m0/s1. The number of hydrogen-bond donors (Lipinski definition) is 0. The van der Waals surface area contributed by atoms with E-state index in [1.54, 1.807) is 23.4 Å². The van der Waals surface area contributed by atoms with Crippen LogP contribution in [0.2, 0.25) is 0 Å². The van der Waals surface area contributed by atoms with Crippen molar-refractivity contribution in [2.45, 2.75) is 12.1 Å². The Morgan fingerprint density at radius 3 is 2.72 bits per heavy atom. The molecule has 2 fully saturated rings. The summed E-state index contributed by atoms with van der Waals surface area (Å²) in [7, 11) is 0. The number of nitrogens with zero attached hydrogens (tertiary/aromatic N) is 6. The molecular formula is C18H16N6O. The lowest BCUT2D eigenvalue weighted by molar-refractivity contribution is 0.0319. The quantitative estimate of drug-likeness (QED) is 0.768. The number of nitriles is 2. The third-order valence-electron chi connectivity index (χ3n) is 4.66. The summed E-state index contributed by atoms with van der Waals surface area (Å²) < 4.78 is 5.78. The van der Waals surface area contributed by atoms with Gasteiger partial charge in [-0.1, -0.05) is 12.1 Å². The number of benzene rings is 1. The van der Waals surface area contributed by atoms with E-state index in [4.69, 9.17) is 15.3 Å². The fraction of sp³-hybridized carbons (Fsp3) is 0.333. The Morgan fingerprint density at radius 2 is 1.96 bits per heavy atom. The highest BCUT2D eigenvalue weighted by Gasteiger charge is 2.41. The van der Waals surface area contributed by atoms with Crippen molar-refractivity contribution in [2.75, 3.05) is 31.1 Å². The van der Waals surface area contributed by atoms with Crippen LogP contribution in [0.1, 0.15) is 5.56 Å². The monoisotopic (exact) mass is 332 g/mol. The minimum Gasteiger partial charge on any atom is -0.372 e. The van der Waals surface area contributed by atoms with E-state index in [1.807, 2.05) is 18.2 Å². The van der Waals surface area contributed by atoms with E-state index in [1.165, 1.54) is 0 Å². The number of ether oxygens (including phenoxy) is 1. The molecule has 0 aliphatic carbocycles. The van der Waals surface area contributed by atoms with E-state index in [9.17, 15) is 0 Å². The summed E-state index contributed by atoms with van der Waals surface area (Å²) in [5, 5.41) is 18.1. The Balaban J connectivity index is 1.58. The molecule has 25 heavy (non-hydrogen) atoms. The zero-order chi connectivity index (χ0) is 17.2. The van der Waals surface area contributed by atoms with Crippen molar-refractivity contribution in [3.8, 4) is 23.4 Å². The molecule has 1 aromatic carbocycles. The molecule has 0 N–H and O–H groups in total. The molecule has 2 aliphatic heterocycles. The van der Waals surface area contributed by atoms with Gasteiger partial charge in [0.2, 0.25) is 5.95 Å². The summed E-state index contributed by atoms with van der Waals surface area (Å²) in [5.41, 5.74) is 2.40. The molecule has 124 valence electrons. The summed E-state index contributed by atoms with van der Waals surface area (Å²) in [5.74, 6) is 0.651. The van der Waals surface area contributed by atoms with Gasteiger partial charge in [-0.2, -0.15) is 10.5 Å².